The summed E-state index contributed by atoms with van der Waals surface area (Å²) in [5, 5.41) is 2.95. The molecule has 1 amide bonds. The van der Waals surface area contributed by atoms with Gasteiger partial charge in [-0.3, -0.25) is 9.78 Å². The predicted molar refractivity (Wildman–Crippen MR) is 77.7 cm³/mol. The summed E-state index contributed by atoms with van der Waals surface area (Å²) in [4.78, 5) is 16.4. The van der Waals surface area contributed by atoms with Gasteiger partial charge in [0.25, 0.3) is 0 Å². The van der Waals surface area contributed by atoms with E-state index in [0.717, 1.165) is 24.2 Å². The lowest BCUT2D eigenvalue weighted by Crippen LogP contribution is -2.25. The number of hydrogen-bond donors (Lipinski definition) is 1. The third-order valence-corrected chi connectivity index (χ3v) is 4.08. The summed E-state index contributed by atoms with van der Waals surface area (Å²) in [5.74, 6) is 0.469. The lowest BCUT2D eigenvalue weighted by Gasteiger charge is -2.21. The van der Waals surface area contributed by atoms with Gasteiger partial charge in [-0.25, -0.2) is 0 Å². The van der Waals surface area contributed by atoms with E-state index in [-0.39, 0.29) is 18.6 Å². The maximum atomic E-state index is 12.0. The Morgan fingerprint density at radius 1 is 1.25 bits per heavy atom. The summed E-state index contributed by atoms with van der Waals surface area (Å²) in [6.45, 7) is 0.156. The van der Waals surface area contributed by atoms with Crippen LogP contribution in [-0.4, -0.2) is 23.6 Å². The highest BCUT2D eigenvalue weighted by molar-refractivity contribution is 5.92. The molecule has 0 saturated heterocycles. The van der Waals surface area contributed by atoms with Crippen LogP contribution < -0.4 is 5.32 Å². The number of nitrogens with zero attached hydrogens (tertiary/aromatic N) is 1. The highest BCUT2D eigenvalue weighted by atomic mass is 16.5. The SMILES string of the molecule is O=C(COC1CCCCC1)Nc1cccnc1C1CC1. The van der Waals surface area contributed by atoms with Gasteiger partial charge in [0.15, 0.2) is 0 Å². The first-order valence-electron chi connectivity index (χ1n) is 7.69. The zero-order valence-corrected chi connectivity index (χ0v) is 11.8. The van der Waals surface area contributed by atoms with Crippen LogP contribution >= 0.6 is 0 Å². The molecule has 0 radical (unpaired) electrons. The van der Waals surface area contributed by atoms with Crippen LogP contribution in [0.5, 0.6) is 0 Å². The Morgan fingerprint density at radius 3 is 2.80 bits per heavy atom. The molecule has 0 bridgehead atoms. The average molecular weight is 274 g/mol. The molecule has 3 rings (SSSR count). The Hall–Kier alpha value is -1.42. The minimum absolute atomic E-state index is 0.0644. The normalized spacial score (nSPS) is 19.8. The molecule has 1 aromatic heterocycles. The lowest BCUT2D eigenvalue weighted by molar-refractivity contribution is -0.123. The highest BCUT2D eigenvalue weighted by Gasteiger charge is 2.27. The molecule has 2 aliphatic carbocycles. The van der Waals surface area contributed by atoms with Crippen LogP contribution in [0, 0.1) is 0 Å². The first-order chi connectivity index (χ1) is 9.83. The van der Waals surface area contributed by atoms with Gasteiger partial charge in [-0.2, -0.15) is 0 Å². The van der Waals surface area contributed by atoms with Crippen molar-refractivity contribution in [1.29, 1.82) is 0 Å². The summed E-state index contributed by atoms with van der Waals surface area (Å²) >= 11 is 0. The number of nitrogens with one attached hydrogen (secondary N) is 1. The summed E-state index contributed by atoms with van der Waals surface area (Å²) < 4.78 is 5.70. The van der Waals surface area contributed by atoms with Crippen LogP contribution in [0.2, 0.25) is 0 Å². The maximum Gasteiger partial charge on any atom is 0.250 e. The van der Waals surface area contributed by atoms with Gasteiger partial charge in [0.05, 0.1) is 17.5 Å². The van der Waals surface area contributed by atoms with Gasteiger partial charge >= 0.3 is 0 Å². The number of carbonyl (C=O) groups is 1. The van der Waals surface area contributed by atoms with E-state index >= 15 is 0 Å². The Kier molecular flexibility index (Phi) is 4.31. The van der Waals surface area contributed by atoms with Crippen molar-refractivity contribution in [3.8, 4) is 0 Å². The molecule has 0 aliphatic heterocycles. The largest absolute Gasteiger partial charge is 0.368 e. The topological polar surface area (TPSA) is 51.2 Å². The number of pyridine rings is 1. The molecule has 2 aliphatic rings. The van der Waals surface area contributed by atoms with Gasteiger partial charge in [0.2, 0.25) is 5.91 Å². The number of amides is 1. The fourth-order valence-electron chi connectivity index (χ4n) is 2.82. The van der Waals surface area contributed by atoms with Gasteiger partial charge in [-0.15, -0.1) is 0 Å². The second-order valence-corrected chi connectivity index (χ2v) is 5.83. The van der Waals surface area contributed by atoms with Crippen molar-refractivity contribution >= 4 is 11.6 Å². The van der Waals surface area contributed by atoms with Crippen LogP contribution in [0.1, 0.15) is 56.6 Å². The number of rotatable bonds is 5. The number of aromatic nitrogens is 1. The number of ether oxygens (including phenoxy) is 1. The third kappa shape index (κ3) is 3.57. The van der Waals surface area contributed by atoms with E-state index in [1.807, 2.05) is 12.1 Å². The molecule has 0 aromatic carbocycles. The predicted octanol–water partition coefficient (Wildman–Crippen LogP) is 3.25. The van der Waals surface area contributed by atoms with E-state index in [1.54, 1.807) is 6.20 Å². The van der Waals surface area contributed by atoms with Crippen LogP contribution in [-0.2, 0) is 9.53 Å². The zero-order chi connectivity index (χ0) is 13.8. The van der Waals surface area contributed by atoms with Crippen molar-refractivity contribution in [1.82, 2.24) is 4.98 Å². The second-order valence-electron chi connectivity index (χ2n) is 5.83. The Morgan fingerprint density at radius 2 is 2.05 bits per heavy atom. The average Bonchev–Trinajstić information content (AvgIpc) is 3.31. The lowest BCUT2D eigenvalue weighted by atomic mass is 9.98. The van der Waals surface area contributed by atoms with Gasteiger partial charge in [-0.1, -0.05) is 19.3 Å². The molecule has 0 atom stereocenters. The number of anilines is 1. The molecule has 4 nitrogen and oxygen atoms in total. The van der Waals surface area contributed by atoms with Crippen molar-refractivity contribution in [2.75, 3.05) is 11.9 Å². The van der Waals surface area contributed by atoms with Gasteiger partial charge in [-0.05, 0) is 37.8 Å². The van der Waals surface area contributed by atoms with E-state index < -0.39 is 0 Å². The van der Waals surface area contributed by atoms with Crippen molar-refractivity contribution < 1.29 is 9.53 Å². The van der Waals surface area contributed by atoms with Crippen LogP contribution in [0.15, 0.2) is 18.3 Å². The standard InChI is InChI=1S/C16H22N2O2/c19-15(11-20-13-5-2-1-3-6-13)18-14-7-4-10-17-16(14)12-8-9-12/h4,7,10,12-13H,1-3,5-6,8-9,11H2,(H,18,19). The van der Waals surface area contributed by atoms with Crippen LogP contribution in [0.3, 0.4) is 0 Å². The van der Waals surface area contributed by atoms with E-state index in [0.29, 0.717) is 5.92 Å². The second kappa shape index (κ2) is 6.35. The minimum Gasteiger partial charge on any atom is -0.368 e. The first-order valence-corrected chi connectivity index (χ1v) is 7.69. The van der Waals surface area contributed by atoms with Gasteiger partial charge < -0.3 is 10.1 Å². The highest BCUT2D eigenvalue weighted by Crippen LogP contribution is 2.41. The van der Waals surface area contributed by atoms with E-state index in [1.165, 1.54) is 32.1 Å². The van der Waals surface area contributed by atoms with E-state index in [2.05, 4.69) is 10.3 Å². The Bertz CT molecular complexity index is 465. The van der Waals surface area contributed by atoms with E-state index in [9.17, 15) is 4.79 Å². The molecular formula is C16H22N2O2. The van der Waals surface area contributed by atoms with Crippen molar-refractivity contribution in [2.24, 2.45) is 0 Å². The van der Waals surface area contributed by atoms with Crippen LogP contribution in [0.25, 0.3) is 0 Å². The fourth-order valence-corrected chi connectivity index (χ4v) is 2.82. The van der Waals surface area contributed by atoms with Crippen molar-refractivity contribution in [3.63, 3.8) is 0 Å². The zero-order valence-electron chi connectivity index (χ0n) is 11.8. The molecule has 0 spiro atoms. The maximum absolute atomic E-state index is 12.0. The molecular weight excluding hydrogens is 252 g/mol. The molecule has 1 N–H and O–H groups in total. The van der Waals surface area contributed by atoms with Crippen molar-refractivity contribution in [3.05, 3.63) is 24.0 Å². The summed E-state index contributed by atoms with van der Waals surface area (Å²) in [6.07, 6.45) is 10.3. The van der Waals surface area contributed by atoms with Gasteiger partial charge in [0.1, 0.15) is 6.61 Å². The Balaban J connectivity index is 1.51. The molecule has 0 unspecified atom stereocenters. The summed E-state index contributed by atoms with van der Waals surface area (Å²) in [7, 11) is 0. The Labute approximate surface area is 119 Å². The van der Waals surface area contributed by atoms with Gasteiger partial charge in [0, 0.05) is 12.1 Å². The van der Waals surface area contributed by atoms with E-state index in [4.69, 9.17) is 4.74 Å². The summed E-state index contributed by atoms with van der Waals surface area (Å²) in [6, 6.07) is 3.79. The minimum atomic E-state index is -0.0644. The quantitative estimate of drug-likeness (QED) is 0.896. The molecule has 4 heteroatoms. The molecule has 20 heavy (non-hydrogen) atoms. The monoisotopic (exact) mass is 274 g/mol. The molecule has 108 valence electrons. The molecule has 1 heterocycles. The van der Waals surface area contributed by atoms with Crippen molar-refractivity contribution in [2.45, 2.75) is 57.0 Å². The number of hydrogen-bond acceptors (Lipinski definition) is 3. The molecule has 1 aromatic rings. The summed E-state index contributed by atoms with van der Waals surface area (Å²) in [5.41, 5.74) is 1.88. The third-order valence-electron chi connectivity index (χ3n) is 4.08. The number of carbonyl (C=O) groups excluding carboxylic acids is 1. The molecule has 2 saturated carbocycles. The fraction of sp³-hybridized carbons (Fsp3) is 0.625. The smallest absolute Gasteiger partial charge is 0.250 e. The molecule has 2 fully saturated rings. The van der Waals surface area contributed by atoms with Crippen LogP contribution in [0.4, 0.5) is 5.69 Å². The first kappa shape index (κ1) is 13.6.